The van der Waals surface area contributed by atoms with Gasteiger partial charge in [0.2, 0.25) is 5.82 Å². The predicted molar refractivity (Wildman–Crippen MR) is 55.8 cm³/mol. The molecule has 1 aromatic carbocycles. The first-order valence-corrected chi connectivity index (χ1v) is 4.84. The molecule has 16 heavy (non-hydrogen) atoms. The van der Waals surface area contributed by atoms with Crippen molar-refractivity contribution in [1.29, 1.82) is 0 Å². The first-order valence-electron chi connectivity index (χ1n) is 4.84. The van der Waals surface area contributed by atoms with E-state index in [2.05, 4.69) is 0 Å². The Morgan fingerprint density at radius 1 is 1.38 bits per heavy atom. The molecule has 0 aliphatic rings. The van der Waals surface area contributed by atoms with Crippen LogP contribution in [-0.4, -0.2) is 16.8 Å². The van der Waals surface area contributed by atoms with E-state index >= 15 is 0 Å². The third-order valence-corrected chi connectivity index (χ3v) is 2.68. The number of rotatable bonds is 3. The van der Waals surface area contributed by atoms with Crippen LogP contribution in [0, 0.1) is 17.0 Å². The molecule has 0 unspecified atom stereocenters. The van der Waals surface area contributed by atoms with E-state index in [1.165, 1.54) is 6.07 Å². The summed E-state index contributed by atoms with van der Waals surface area (Å²) in [5.41, 5.74) is 5.14. The molecule has 4 N–H and O–H groups in total. The van der Waals surface area contributed by atoms with Gasteiger partial charge in [0.05, 0.1) is 0 Å². The van der Waals surface area contributed by atoms with Crippen LogP contribution in [0.15, 0.2) is 12.1 Å². The van der Waals surface area contributed by atoms with Gasteiger partial charge in [0, 0.05) is 23.6 Å². The second-order valence-electron chi connectivity index (χ2n) is 4.42. The normalized spacial score (nSPS) is 13.9. The van der Waals surface area contributed by atoms with E-state index in [4.69, 9.17) is 10.8 Å². The lowest BCUT2D eigenvalue weighted by atomic mass is 9.81. The molecule has 0 amide bonds. The summed E-state index contributed by atoms with van der Waals surface area (Å²) >= 11 is 0. The standard InChI is InChI=1S/C11H15F2NO2/c1-11(2,5-15)10(14)6-3-4-7(12)8(13)9(6)16/h3-4,10,15-16H,5,14H2,1-2H3/t10-/m0/s1. The number of nitrogens with two attached hydrogens (primary N) is 1. The highest BCUT2D eigenvalue weighted by Gasteiger charge is 2.30. The van der Waals surface area contributed by atoms with Crippen LogP contribution in [0.25, 0.3) is 0 Å². The quantitative estimate of drug-likeness (QED) is 0.741. The van der Waals surface area contributed by atoms with Crippen LogP contribution >= 0.6 is 0 Å². The van der Waals surface area contributed by atoms with E-state index < -0.39 is 28.8 Å². The summed E-state index contributed by atoms with van der Waals surface area (Å²) in [6.45, 7) is 3.10. The lowest BCUT2D eigenvalue weighted by Gasteiger charge is -2.30. The maximum atomic E-state index is 13.1. The molecule has 0 fully saturated rings. The van der Waals surface area contributed by atoms with Crippen LogP contribution in [0.2, 0.25) is 0 Å². The fourth-order valence-electron chi connectivity index (χ4n) is 1.33. The summed E-state index contributed by atoms with van der Waals surface area (Å²) in [6, 6.07) is 1.33. The van der Waals surface area contributed by atoms with Crippen molar-refractivity contribution in [2.75, 3.05) is 6.61 Å². The number of hydrogen-bond donors (Lipinski definition) is 3. The van der Waals surface area contributed by atoms with E-state index in [0.29, 0.717) is 0 Å². The third-order valence-electron chi connectivity index (χ3n) is 2.68. The zero-order chi connectivity index (χ0) is 12.5. The molecule has 1 aromatic rings. The van der Waals surface area contributed by atoms with Crippen LogP contribution in [0.3, 0.4) is 0 Å². The Bertz CT molecular complexity index is 394. The maximum Gasteiger partial charge on any atom is 0.200 e. The molecular weight excluding hydrogens is 216 g/mol. The van der Waals surface area contributed by atoms with Crippen molar-refractivity contribution in [3.8, 4) is 5.75 Å². The lowest BCUT2D eigenvalue weighted by molar-refractivity contribution is 0.131. The van der Waals surface area contributed by atoms with Crippen molar-refractivity contribution in [3.05, 3.63) is 29.3 Å². The van der Waals surface area contributed by atoms with Crippen molar-refractivity contribution in [1.82, 2.24) is 0 Å². The molecule has 0 aliphatic carbocycles. The molecule has 0 bridgehead atoms. The Balaban J connectivity index is 3.20. The molecule has 5 heteroatoms. The van der Waals surface area contributed by atoms with Gasteiger partial charge in [-0.3, -0.25) is 0 Å². The van der Waals surface area contributed by atoms with Gasteiger partial charge in [-0.25, -0.2) is 4.39 Å². The minimum Gasteiger partial charge on any atom is -0.505 e. The second-order valence-corrected chi connectivity index (χ2v) is 4.42. The minimum absolute atomic E-state index is 0.0814. The zero-order valence-electron chi connectivity index (χ0n) is 9.17. The highest BCUT2D eigenvalue weighted by atomic mass is 19.2. The number of halogens is 2. The summed E-state index contributed by atoms with van der Waals surface area (Å²) in [5.74, 6) is -3.24. The van der Waals surface area contributed by atoms with Crippen molar-refractivity contribution in [2.24, 2.45) is 11.1 Å². The number of hydrogen-bond acceptors (Lipinski definition) is 3. The van der Waals surface area contributed by atoms with Crippen molar-refractivity contribution in [3.63, 3.8) is 0 Å². The second kappa shape index (κ2) is 4.35. The van der Waals surface area contributed by atoms with Gasteiger partial charge in [-0.15, -0.1) is 0 Å². The Kier molecular flexibility index (Phi) is 3.50. The number of benzene rings is 1. The highest BCUT2D eigenvalue weighted by Crippen LogP contribution is 2.36. The van der Waals surface area contributed by atoms with Gasteiger partial charge >= 0.3 is 0 Å². The minimum atomic E-state index is -1.32. The van der Waals surface area contributed by atoms with E-state index in [0.717, 1.165) is 6.07 Å². The van der Waals surface area contributed by atoms with Crippen LogP contribution in [0.4, 0.5) is 8.78 Å². The Labute approximate surface area is 92.5 Å². The van der Waals surface area contributed by atoms with Crippen LogP contribution in [0.1, 0.15) is 25.5 Å². The molecule has 0 radical (unpaired) electrons. The number of phenolic OH excluding ortho intramolecular Hbond substituents is 1. The van der Waals surface area contributed by atoms with Gasteiger partial charge in [-0.05, 0) is 6.07 Å². The average Bonchev–Trinajstić information content (AvgIpc) is 2.25. The highest BCUT2D eigenvalue weighted by molar-refractivity contribution is 5.37. The van der Waals surface area contributed by atoms with E-state index in [-0.39, 0.29) is 12.2 Å². The van der Waals surface area contributed by atoms with Gasteiger partial charge in [0.25, 0.3) is 0 Å². The van der Waals surface area contributed by atoms with Gasteiger partial charge in [0.15, 0.2) is 11.6 Å². The predicted octanol–water partition coefficient (Wildman–Crippen LogP) is 1.69. The lowest BCUT2D eigenvalue weighted by Crippen LogP contribution is -2.32. The molecule has 0 saturated carbocycles. The smallest absolute Gasteiger partial charge is 0.200 e. The fraction of sp³-hybridized carbons (Fsp3) is 0.455. The monoisotopic (exact) mass is 231 g/mol. The van der Waals surface area contributed by atoms with Gasteiger partial charge in [-0.1, -0.05) is 19.9 Å². The molecule has 1 atom stereocenters. The molecule has 1 rings (SSSR count). The summed E-state index contributed by atoms with van der Waals surface area (Å²) in [4.78, 5) is 0. The topological polar surface area (TPSA) is 66.5 Å². The molecule has 0 spiro atoms. The maximum absolute atomic E-state index is 13.1. The summed E-state index contributed by atoms with van der Waals surface area (Å²) < 4.78 is 25.9. The van der Waals surface area contributed by atoms with Crippen molar-refractivity contribution >= 4 is 0 Å². The first-order chi connectivity index (χ1) is 7.31. The van der Waals surface area contributed by atoms with Gasteiger partial charge in [-0.2, -0.15) is 4.39 Å². The molecule has 90 valence electrons. The number of phenols is 1. The molecule has 0 saturated heterocycles. The fourth-order valence-corrected chi connectivity index (χ4v) is 1.33. The summed E-state index contributed by atoms with van der Waals surface area (Å²) in [5, 5.41) is 18.5. The Morgan fingerprint density at radius 2 is 1.94 bits per heavy atom. The summed E-state index contributed by atoms with van der Waals surface area (Å²) in [7, 11) is 0. The zero-order valence-corrected chi connectivity index (χ0v) is 9.17. The largest absolute Gasteiger partial charge is 0.505 e. The van der Waals surface area contributed by atoms with Gasteiger partial charge in [0.1, 0.15) is 0 Å². The van der Waals surface area contributed by atoms with Crippen LogP contribution in [-0.2, 0) is 0 Å². The molecule has 3 nitrogen and oxygen atoms in total. The SMILES string of the molecule is CC(C)(CO)[C@@H](N)c1ccc(F)c(F)c1O. The van der Waals surface area contributed by atoms with Crippen LogP contribution < -0.4 is 5.73 Å². The number of aliphatic hydroxyl groups excluding tert-OH is 1. The molecular formula is C11H15F2NO2. The third kappa shape index (κ3) is 2.15. The molecule has 0 heterocycles. The Morgan fingerprint density at radius 3 is 2.44 bits per heavy atom. The van der Waals surface area contributed by atoms with E-state index in [1.54, 1.807) is 13.8 Å². The number of aliphatic hydroxyl groups is 1. The molecule has 0 aliphatic heterocycles. The van der Waals surface area contributed by atoms with E-state index in [9.17, 15) is 13.9 Å². The van der Waals surface area contributed by atoms with Crippen LogP contribution in [0.5, 0.6) is 5.75 Å². The van der Waals surface area contributed by atoms with E-state index in [1.807, 2.05) is 0 Å². The Hall–Kier alpha value is -1.20. The summed E-state index contributed by atoms with van der Waals surface area (Å²) in [6.07, 6.45) is 0. The van der Waals surface area contributed by atoms with Crippen molar-refractivity contribution in [2.45, 2.75) is 19.9 Å². The average molecular weight is 231 g/mol. The number of aromatic hydroxyl groups is 1. The van der Waals surface area contributed by atoms with Crippen molar-refractivity contribution < 1.29 is 19.0 Å². The first kappa shape index (κ1) is 12.9. The molecule has 0 aromatic heterocycles. The van der Waals surface area contributed by atoms with Gasteiger partial charge < -0.3 is 15.9 Å².